The zero-order chi connectivity index (χ0) is 11.4. The van der Waals surface area contributed by atoms with Gasteiger partial charge in [-0.2, -0.15) is 4.99 Å². The second-order valence-corrected chi connectivity index (χ2v) is 3.72. The number of para-hydroxylation sites is 1. The minimum absolute atomic E-state index is 0.867. The number of nitrogens with zero attached hydrogens (tertiary/aromatic N) is 1. The molecule has 0 atom stereocenters. The van der Waals surface area contributed by atoms with E-state index in [-0.39, 0.29) is 0 Å². The van der Waals surface area contributed by atoms with E-state index in [0.29, 0.717) is 0 Å². The van der Waals surface area contributed by atoms with E-state index in [1.165, 1.54) is 11.1 Å². The quantitative estimate of drug-likeness (QED) is 0.545. The molecule has 2 rings (SSSR count). The summed E-state index contributed by atoms with van der Waals surface area (Å²) < 4.78 is 0. The van der Waals surface area contributed by atoms with Gasteiger partial charge in [0.1, 0.15) is 0 Å². The summed E-state index contributed by atoms with van der Waals surface area (Å²) >= 11 is 4.66. The molecule has 78 valence electrons. The van der Waals surface area contributed by atoms with Crippen LogP contribution >= 0.6 is 12.2 Å². The molecule has 0 fully saturated rings. The van der Waals surface area contributed by atoms with Gasteiger partial charge < -0.3 is 0 Å². The summed E-state index contributed by atoms with van der Waals surface area (Å²) in [6, 6.07) is 16.2. The normalized spacial score (nSPS) is 9.56. The molecule has 0 aliphatic rings. The minimum atomic E-state index is 0.867. The fraction of sp³-hybridized carbons (Fsp3) is 0.0714. The molecule has 0 unspecified atom stereocenters. The van der Waals surface area contributed by atoms with E-state index in [9.17, 15) is 0 Å². The van der Waals surface area contributed by atoms with Gasteiger partial charge in [0.2, 0.25) is 0 Å². The van der Waals surface area contributed by atoms with Gasteiger partial charge in [-0.3, -0.25) is 0 Å². The van der Waals surface area contributed by atoms with E-state index < -0.39 is 0 Å². The standard InChI is InChI=1S/C14H11NS/c1-11-6-2-3-7-12(11)13-8-4-5-9-14(13)15-10-16/h2-9H,1H3. The number of rotatable bonds is 2. The highest BCUT2D eigenvalue weighted by atomic mass is 32.1. The summed E-state index contributed by atoms with van der Waals surface area (Å²) in [5, 5.41) is 2.42. The van der Waals surface area contributed by atoms with Gasteiger partial charge in [0.05, 0.1) is 10.8 Å². The summed E-state index contributed by atoms with van der Waals surface area (Å²) in [6.07, 6.45) is 0. The van der Waals surface area contributed by atoms with Gasteiger partial charge in [0.15, 0.2) is 0 Å². The molecule has 0 heterocycles. The van der Waals surface area contributed by atoms with Crippen molar-refractivity contribution < 1.29 is 0 Å². The van der Waals surface area contributed by atoms with Crippen LogP contribution in [0.3, 0.4) is 0 Å². The van der Waals surface area contributed by atoms with E-state index >= 15 is 0 Å². The molecule has 2 aromatic carbocycles. The number of hydrogen-bond acceptors (Lipinski definition) is 2. The van der Waals surface area contributed by atoms with E-state index in [0.717, 1.165) is 11.3 Å². The Labute approximate surface area is 100 Å². The first-order valence-corrected chi connectivity index (χ1v) is 5.46. The van der Waals surface area contributed by atoms with Crippen molar-refractivity contribution >= 4 is 23.1 Å². The van der Waals surface area contributed by atoms with Crippen molar-refractivity contribution in [3.63, 3.8) is 0 Å². The van der Waals surface area contributed by atoms with Crippen molar-refractivity contribution in [2.75, 3.05) is 0 Å². The third kappa shape index (κ3) is 2.08. The highest BCUT2D eigenvalue weighted by Gasteiger charge is 2.04. The van der Waals surface area contributed by atoms with Gasteiger partial charge in [0.25, 0.3) is 0 Å². The zero-order valence-electron chi connectivity index (χ0n) is 8.97. The summed E-state index contributed by atoms with van der Waals surface area (Å²) in [5.41, 5.74) is 4.38. The fourth-order valence-electron chi connectivity index (χ4n) is 1.72. The van der Waals surface area contributed by atoms with Crippen molar-refractivity contribution in [1.29, 1.82) is 0 Å². The van der Waals surface area contributed by atoms with Crippen LogP contribution in [0.5, 0.6) is 0 Å². The number of aryl methyl sites for hydroxylation is 1. The van der Waals surface area contributed by atoms with E-state index in [4.69, 9.17) is 0 Å². The van der Waals surface area contributed by atoms with Crippen molar-refractivity contribution in [1.82, 2.24) is 0 Å². The van der Waals surface area contributed by atoms with Crippen LogP contribution in [0.25, 0.3) is 11.1 Å². The minimum Gasteiger partial charge on any atom is -0.194 e. The Morgan fingerprint density at radius 1 is 0.938 bits per heavy atom. The molecule has 0 N–H and O–H groups in total. The van der Waals surface area contributed by atoms with E-state index in [2.05, 4.69) is 41.4 Å². The lowest BCUT2D eigenvalue weighted by Gasteiger charge is -2.07. The van der Waals surface area contributed by atoms with Gasteiger partial charge in [-0.05, 0) is 36.3 Å². The Balaban J connectivity index is 2.64. The molecule has 0 aliphatic carbocycles. The molecule has 1 nitrogen and oxygen atoms in total. The van der Waals surface area contributed by atoms with E-state index in [1.54, 1.807) is 0 Å². The molecule has 0 saturated heterocycles. The van der Waals surface area contributed by atoms with Crippen molar-refractivity contribution in [3.8, 4) is 11.1 Å². The van der Waals surface area contributed by atoms with Crippen molar-refractivity contribution in [2.45, 2.75) is 6.92 Å². The molecule has 0 spiro atoms. The lowest BCUT2D eigenvalue weighted by molar-refractivity contribution is 1.44. The SMILES string of the molecule is Cc1ccccc1-c1ccccc1N=C=S. The van der Waals surface area contributed by atoms with Crippen molar-refractivity contribution in [3.05, 3.63) is 54.1 Å². The molecular formula is C14H11NS. The predicted octanol–water partition coefficient (Wildman–Crippen LogP) is 4.40. The Kier molecular flexibility index (Phi) is 3.25. The van der Waals surface area contributed by atoms with Crippen LogP contribution in [0.1, 0.15) is 5.56 Å². The molecule has 2 aromatic rings. The van der Waals surface area contributed by atoms with Crippen LogP contribution in [0.15, 0.2) is 53.5 Å². The molecule has 0 saturated carbocycles. The van der Waals surface area contributed by atoms with Crippen molar-refractivity contribution in [2.24, 2.45) is 4.99 Å². The third-order valence-electron chi connectivity index (χ3n) is 2.51. The average Bonchev–Trinajstić information content (AvgIpc) is 2.31. The highest BCUT2D eigenvalue weighted by molar-refractivity contribution is 7.78. The Morgan fingerprint density at radius 3 is 2.25 bits per heavy atom. The first kappa shape index (κ1) is 10.7. The largest absolute Gasteiger partial charge is 0.194 e. The summed E-state index contributed by atoms with van der Waals surface area (Å²) in [7, 11) is 0. The molecule has 0 aliphatic heterocycles. The summed E-state index contributed by atoms with van der Waals surface area (Å²) in [6.45, 7) is 2.09. The van der Waals surface area contributed by atoms with Crippen LogP contribution in [-0.4, -0.2) is 5.16 Å². The number of thiocarbonyl (C=S) groups is 1. The third-order valence-corrected chi connectivity index (χ3v) is 2.60. The van der Waals surface area contributed by atoms with Gasteiger partial charge in [0, 0.05) is 5.56 Å². The molecule has 0 bridgehead atoms. The van der Waals surface area contributed by atoms with Crippen LogP contribution in [0, 0.1) is 6.92 Å². The second kappa shape index (κ2) is 4.84. The molecule has 0 radical (unpaired) electrons. The maximum absolute atomic E-state index is 4.66. The van der Waals surface area contributed by atoms with Crippen LogP contribution in [0.4, 0.5) is 5.69 Å². The van der Waals surface area contributed by atoms with Crippen LogP contribution in [-0.2, 0) is 0 Å². The predicted molar refractivity (Wildman–Crippen MR) is 71.3 cm³/mol. The van der Waals surface area contributed by atoms with Gasteiger partial charge in [-0.15, -0.1) is 0 Å². The maximum Gasteiger partial charge on any atom is 0.0817 e. The molecular weight excluding hydrogens is 214 g/mol. The summed E-state index contributed by atoms with van der Waals surface area (Å²) in [4.78, 5) is 4.09. The highest BCUT2D eigenvalue weighted by Crippen LogP contribution is 2.31. The first-order valence-electron chi connectivity index (χ1n) is 5.06. The molecule has 0 amide bonds. The van der Waals surface area contributed by atoms with Gasteiger partial charge in [-0.25, -0.2) is 0 Å². The second-order valence-electron chi connectivity index (χ2n) is 3.54. The van der Waals surface area contributed by atoms with Gasteiger partial charge >= 0.3 is 0 Å². The van der Waals surface area contributed by atoms with Crippen LogP contribution in [0.2, 0.25) is 0 Å². The lowest BCUT2D eigenvalue weighted by Crippen LogP contribution is -1.82. The zero-order valence-corrected chi connectivity index (χ0v) is 9.79. The van der Waals surface area contributed by atoms with Crippen LogP contribution < -0.4 is 0 Å². The number of aliphatic imine (C=N–C) groups is 1. The molecule has 0 aromatic heterocycles. The Morgan fingerprint density at radius 2 is 1.56 bits per heavy atom. The van der Waals surface area contributed by atoms with E-state index in [1.807, 2.05) is 36.4 Å². The molecule has 16 heavy (non-hydrogen) atoms. The smallest absolute Gasteiger partial charge is 0.0817 e. The lowest BCUT2D eigenvalue weighted by atomic mass is 9.99. The summed E-state index contributed by atoms with van der Waals surface area (Å²) in [5.74, 6) is 0. The number of benzene rings is 2. The maximum atomic E-state index is 4.66. The Bertz CT molecular complexity index is 554. The monoisotopic (exact) mass is 225 g/mol. The fourth-order valence-corrected chi connectivity index (χ4v) is 1.82. The first-order chi connectivity index (χ1) is 7.83. The topological polar surface area (TPSA) is 12.4 Å². The number of isothiocyanates is 1. The Hall–Kier alpha value is -1.76. The average molecular weight is 225 g/mol. The van der Waals surface area contributed by atoms with Gasteiger partial charge in [-0.1, -0.05) is 42.5 Å². The molecule has 2 heteroatoms. The number of hydrogen-bond donors (Lipinski definition) is 0.